The van der Waals surface area contributed by atoms with Crippen LogP contribution in [0.1, 0.15) is 13.8 Å². The molecule has 0 saturated heterocycles. The van der Waals surface area contributed by atoms with Crippen molar-refractivity contribution in [1.82, 2.24) is 4.72 Å². The summed E-state index contributed by atoms with van der Waals surface area (Å²) in [6, 6.07) is 6.03. The fraction of sp³-hybridized carbons (Fsp3) is 0.417. The van der Waals surface area contributed by atoms with E-state index in [1.54, 1.807) is 26.0 Å². The number of carbonyl (C=O) groups is 1. The monoisotopic (exact) mass is 304 g/mol. The number of carbonyl (C=O) groups excluding carboxylic acids is 1. The Labute approximate surface area is 118 Å². The van der Waals surface area contributed by atoms with E-state index in [1.165, 1.54) is 19.2 Å². The summed E-state index contributed by atoms with van der Waals surface area (Å²) in [6.45, 7) is 3.42. The number of rotatable bonds is 5. The Morgan fingerprint density at radius 2 is 2.00 bits per heavy atom. The van der Waals surface area contributed by atoms with E-state index in [0.29, 0.717) is 5.69 Å². The lowest BCUT2D eigenvalue weighted by molar-refractivity contribution is -0.122. The lowest BCUT2D eigenvalue weighted by Crippen LogP contribution is -2.32. The Morgan fingerprint density at radius 3 is 2.53 bits per heavy atom. The highest BCUT2D eigenvalue weighted by Crippen LogP contribution is 2.21. The van der Waals surface area contributed by atoms with Gasteiger partial charge in [-0.1, -0.05) is 6.07 Å². The predicted octanol–water partition coefficient (Wildman–Crippen LogP) is 1.80. The summed E-state index contributed by atoms with van der Waals surface area (Å²) in [5.41, 5.74) is -0.307. The highest BCUT2D eigenvalue weighted by Gasteiger charge is 2.26. The van der Waals surface area contributed by atoms with Gasteiger partial charge in [0.15, 0.2) is 0 Å². The molecule has 0 unspecified atom stereocenters. The molecular weight excluding hydrogens is 288 g/mol. The van der Waals surface area contributed by atoms with Crippen molar-refractivity contribution < 1.29 is 13.2 Å². The van der Waals surface area contributed by atoms with Crippen LogP contribution in [-0.2, 0) is 14.8 Å². The quantitative estimate of drug-likeness (QED) is 0.815. The summed E-state index contributed by atoms with van der Waals surface area (Å²) in [6.07, 6.45) is 0. The maximum absolute atomic E-state index is 11.9. The van der Waals surface area contributed by atoms with E-state index < -0.39 is 15.4 Å². The lowest BCUT2D eigenvalue weighted by Gasteiger charge is -2.20. The lowest BCUT2D eigenvalue weighted by atomic mass is 9.95. The molecule has 106 valence electrons. The van der Waals surface area contributed by atoms with Gasteiger partial charge in [0.2, 0.25) is 15.9 Å². The van der Waals surface area contributed by atoms with Crippen molar-refractivity contribution in [1.29, 1.82) is 0 Å². The average molecular weight is 305 g/mol. The number of halogens is 1. The van der Waals surface area contributed by atoms with E-state index in [4.69, 9.17) is 11.6 Å². The second-order valence-corrected chi connectivity index (χ2v) is 6.86. The summed E-state index contributed by atoms with van der Waals surface area (Å²) >= 11 is 5.71. The van der Waals surface area contributed by atoms with Crippen molar-refractivity contribution in [2.45, 2.75) is 18.7 Å². The number of nitrogens with one attached hydrogen (secondary N) is 2. The van der Waals surface area contributed by atoms with E-state index in [0.717, 1.165) is 0 Å². The van der Waals surface area contributed by atoms with Gasteiger partial charge in [0.05, 0.1) is 10.3 Å². The third-order valence-corrected chi connectivity index (χ3v) is 4.70. The second-order valence-electron chi connectivity index (χ2n) is 4.71. The average Bonchev–Trinajstić information content (AvgIpc) is 2.39. The Kier molecular flexibility index (Phi) is 4.95. The van der Waals surface area contributed by atoms with Crippen molar-refractivity contribution in [3.8, 4) is 0 Å². The zero-order chi connectivity index (χ0) is 14.7. The van der Waals surface area contributed by atoms with Gasteiger partial charge in [-0.3, -0.25) is 4.79 Å². The van der Waals surface area contributed by atoms with Gasteiger partial charge in [0.1, 0.15) is 0 Å². The number of amides is 1. The molecular formula is C12H17ClN2O3S. The van der Waals surface area contributed by atoms with E-state index in [9.17, 15) is 13.2 Å². The molecule has 0 spiro atoms. The second kappa shape index (κ2) is 5.90. The van der Waals surface area contributed by atoms with Gasteiger partial charge in [0.25, 0.3) is 0 Å². The van der Waals surface area contributed by atoms with E-state index >= 15 is 0 Å². The van der Waals surface area contributed by atoms with Crippen molar-refractivity contribution >= 4 is 33.2 Å². The molecule has 0 aromatic heterocycles. The molecule has 0 saturated carbocycles. The van der Waals surface area contributed by atoms with Crippen LogP contribution in [0.15, 0.2) is 29.2 Å². The molecule has 19 heavy (non-hydrogen) atoms. The third kappa shape index (κ3) is 3.92. The number of alkyl halides is 1. The van der Waals surface area contributed by atoms with Gasteiger partial charge in [-0.2, -0.15) is 0 Å². The number of anilines is 1. The molecule has 0 aliphatic rings. The van der Waals surface area contributed by atoms with Crippen molar-refractivity contribution in [3.63, 3.8) is 0 Å². The van der Waals surface area contributed by atoms with Crippen LogP contribution in [0.2, 0.25) is 0 Å². The van der Waals surface area contributed by atoms with Crippen LogP contribution >= 0.6 is 11.6 Å². The maximum atomic E-state index is 11.9. The first-order valence-electron chi connectivity index (χ1n) is 5.64. The molecule has 0 radical (unpaired) electrons. The highest BCUT2D eigenvalue weighted by atomic mass is 35.5. The molecule has 2 N–H and O–H groups in total. The molecule has 0 atom stereocenters. The van der Waals surface area contributed by atoms with Crippen molar-refractivity contribution in [2.24, 2.45) is 5.41 Å². The molecule has 0 aliphatic heterocycles. The van der Waals surface area contributed by atoms with Crippen molar-refractivity contribution in [3.05, 3.63) is 24.3 Å². The zero-order valence-electron chi connectivity index (χ0n) is 11.0. The normalized spacial score (nSPS) is 12.2. The van der Waals surface area contributed by atoms with Crippen LogP contribution in [-0.4, -0.2) is 27.3 Å². The predicted molar refractivity (Wildman–Crippen MR) is 75.8 cm³/mol. The molecule has 5 nitrogen and oxygen atoms in total. The molecule has 1 amide bonds. The highest BCUT2D eigenvalue weighted by molar-refractivity contribution is 7.89. The van der Waals surface area contributed by atoms with Crippen LogP contribution in [0.4, 0.5) is 5.69 Å². The summed E-state index contributed by atoms with van der Waals surface area (Å²) in [4.78, 5) is 12.0. The number of hydrogen-bond acceptors (Lipinski definition) is 3. The molecule has 0 aliphatic carbocycles. The van der Waals surface area contributed by atoms with Gasteiger partial charge < -0.3 is 5.32 Å². The van der Waals surface area contributed by atoms with Gasteiger partial charge in [-0.15, -0.1) is 11.6 Å². The molecule has 1 rings (SSSR count). The topological polar surface area (TPSA) is 75.3 Å². The molecule has 1 aromatic rings. The summed E-state index contributed by atoms with van der Waals surface area (Å²) in [5.74, 6) is -0.0885. The summed E-state index contributed by atoms with van der Waals surface area (Å²) in [5, 5.41) is 2.65. The minimum Gasteiger partial charge on any atom is -0.326 e. The van der Waals surface area contributed by atoms with E-state index in [-0.39, 0.29) is 16.7 Å². The molecule has 0 fully saturated rings. The minimum absolute atomic E-state index is 0.0940. The minimum atomic E-state index is -3.52. The van der Waals surface area contributed by atoms with Crippen LogP contribution in [0.3, 0.4) is 0 Å². The Hall–Kier alpha value is -1.11. The smallest absolute Gasteiger partial charge is 0.240 e. The number of sulfonamides is 1. The summed E-state index contributed by atoms with van der Waals surface area (Å²) in [7, 11) is -2.19. The SMILES string of the molecule is CNS(=O)(=O)c1cccc(NC(=O)C(C)(C)CCl)c1. The summed E-state index contributed by atoms with van der Waals surface area (Å²) < 4.78 is 25.5. The molecule has 7 heteroatoms. The molecule has 0 bridgehead atoms. The third-order valence-electron chi connectivity index (χ3n) is 2.62. The Balaban J connectivity index is 3.00. The zero-order valence-corrected chi connectivity index (χ0v) is 12.6. The fourth-order valence-corrected chi connectivity index (χ4v) is 2.12. The first kappa shape index (κ1) is 15.9. The maximum Gasteiger partial charge on any atom is 0.240 e. The van der Waals surface area contributed by atoms with E-state index in [1.807, 2.05) is 0 Å². The number of benzene rings is 1. The largest absolute Gasteiger partial charge is 0.326 e. The van der Waals surface area contributed by atoms with E-state index in [2.05, 4.69) is 10.0 Å². The molecule has 1 aromatic carbocycles. The Bertz CT molecular complexity index is 570. The van der Waals surface area contributed by atoms with Crippen LogP contribution in [0.5, 0.6) is 0 Å². The fourth-order valence-electron chi connectivity index (χ4n) is 1.22. The molecule has 0 heterocycles. The first-order valence-corrected chi connectivity index (χ1v) is 7.66. The van der Waals surface area contributed by atoms with Gasteiger partial charge in [0, 0.05) is 11.6 Å². The number of hydrogen-bond donors (Lipinski definition) is 2. The van der Waals surface area contributed by atoms with Gasteiger partial charge >= 0.3 is 0 Å². The van der Waals surface area contributed by atoms with Gasteiger partial charge in [-0.05, 0) is 39.1 Å². The van der Waals surface area contributed by atoms with Gasteiger partial charge in [-0.25, -0.2) is 13.1 Å². The van der Waals surface area contributed by atoms with Crippen LogP contribution < -0.4 is 10.0 Å². The van der Waals surface area contributed by atoms with Crippen LogP contribution in [0, 0.1) is 5.41 Å². The van der Waals surface area contributed by atoms with Crippen LogP contribution in [0.25, 0.3) is 0 Å². The standard InChI is InChI=1S/C12H17ClN2O3S/c1-12(2,8-13)11(16)15-9-5-4-6-10(7-9)19(17,18)14-3/h4-7,14H,8H2,1-3H3,(H,15,16). The van der Waals surface area contributed by atoms with Crippen molar-refractivity contribution in [2.75, 3.05) is 18.2 Å². The first-order chi connectivity index (χ1) is 8.73. The Morgan fingerprint density at radius 1 is 1.37 bits per heavy atom.